The molecule has 0 saturated carbocycles. The number of carbonyl (C=O) groups excluding carboxylic acids is 2. The third kappa shape index (κ3) is 4.09. The Morgan fingerprint density at radius 1 is 1.00 bits per heavy atom. The smallest absolute Gasteiger partial charge is 0.308 e. The number of benzene rings is 2. The Hall–Kier alpha value is -2.82. The first-order chi connectivity index (χ1) is 10.5. The molecule has 5 heteroatoms. The molecule has 2 aromatic carbocycles. The number of nitrogens with zero attached hydrogens (tertiary/aromatic N) is 1. The number of carbonyl (C=O) groups is 2. The summed E-state index contributed by atoms with van der Waals surface area (Å²) in [7, 11) is 0. The van der Waals surface area contributed by atoms with Crippen LogP contribution >= 0.6 is 0 Å². The summed E-state index contributed by atoms with van der Waals surface area (Å²) in [5.74, 6) is 0.127. The quantitative estimate of drug-likeness (QED) is 0.696. The van der Waals surface area contributed by atoms with Crippen LogP contribution in [-0.2, 0) is 16.1 Å². The molecular formula is C17H17NO4. The van der Waals surface area contributed by atoms with Gasteiger partial charge in [0.05, 0.1) is 6.54 Å². The van der Waals surface area contributed by atoms with E-state index in [9.17, 15) is 14.7 Å². The lowest BCUT2D eigenvalue weighted by Crippen LogP contribution is -2.27. The van der Waals surface area contributed by atoms with Gasteiger partial charge in [-0.1, -0.05) is 12.1 Å². The zero-order chi connectivity index (χ0) is 16.1. The summed E-state index contributed by atoms with van der Waals surface area (Å²) < 4.78 is 4.97. The Labute approximate surface area is 128 Å². The average molecular weight is 299 g/mol. The topological polar surface area (TPSA) is 66.8 Å². The molecule has 0 heterocycles. The Morgan fingerprint density at radius 2 is 1.59 bits per heavy atom. The molecule has 0 fully saturated rings. The summed E-state index contributed by atoms with van der Waals surface area (Å²) >= 11 is 0. The highest BCUT2D eigenvalue weighted by Crippen LogP contribution is 2.22. The van der Waals surface area contributed by atoms with Crippen molar-refractivity contribution in [2.24, 2.45) is 0 Å². The number of hydrogen-bond donors (Lipinski definition) is 1. The van der Waals surface area contributed by atoms with Crippen molar-refractivity contribution >= 4 is 17.6 Å². The number of amides is 1. The van der Waals surface area contributed by atoms with Crippen molar-refractivity contribution in [3.8, 4) is 11.5 Å². The fourth-order valence-electron chi connectivity index (χ4n) is 2.03. The SMILES string of the molecule is CC(=O)Oc1ccc(N(Cc2ccc(O)cc2)C(C)=O)cc1. The molecule has 22 heavy (non-hydrogen) atoms. The van der Waals surface area contributed by atoms with Gasteiger partial charge < -0.3 is 14.7 Å². The van der Waals surface area contributed by atoms with Crippen molar-refractivity contribution in [1.82, 2.24) is 0 Å². The molecule has 0 saturated heterocycles. The average Bonchev–Trinajstić information content (AvgIpc) is 2.47. The van der Waals surface area contributed by atoms with Gasteiger partial charge in [-0.3, -0.25) is 9.59 Å². The van der Waals surface area contributed by atoms with E-state index in [4.69, 9.17) is 4.74 Å². The van der Waals surface area contributed by atoms with Crippen LogP contribution in [0.3, 0.4) is 0 Å². The molecule has 5 nitrogen and oxygen atoms in total. The number of anilines is 1. The highest BCUT2D eigenvalue weighted by molar-refractivity contribution is 5.91. The highest BCUT2D eigenvalue weighted by Gasteiger charge is 2.12. The van der Waals surface area contributed by atoms with Gasteiger partial charge in [0.2, 0.25) is 5.91 Å². The first kappa shape index (κ1) is 15.6. The monoisotopic (exact) mass is 299 g/mol. The molecule has 0 spiro atoms. The predicted octanol–water partition coefficient (Wildman–Crippen LogP) is 2.87. The zero-order valence-corrected chi connectivity index (χ0v) is 12.4. The Morgan fingerprint density at radius 3 is 2.09 bits per heavy atom. The van der Waals surface area contributed by atoms with Crippen LogP contribution in [0.2, 0.25) is 0 Å². The van der Waals surface area contributed by atoms with E-state index in [1.54, 1.807) is 53.4 Å². The van der Waals surface area contributed by atoms with E-state index in [2.05, 4.69) is 0 Å². The number of esters is 1. The lowest BCUT2D eigenvalue weighted by atomic mass is 10.2. The van der Waals surface area contributed by atoms with Crippen LogP contribution in [0, 0.1) is 0 Å². The van der Waals surface area contributed by atoms with Crippen molar-refractivity contribution in [3.63, 3.8) is 0 Å². The molecule has 0 unspecified atom stereocenters. The van der Waals surface area contributed by atoms with E-state index in [0.717, 1.165) is 5.56 Å². The minimum atomic E-state index is -0.389. The molecular weight excluding hydrogens is 282 g/mol. The molecule has 0 aromatic heterocycles. The van der Waals surface area contributed by atoms with Crippen LogP contribution in [0.4, 0.5) is 5.69 Å². The number of ether oxygens (including phenoxy) is 1. The molecule has 0 atom stereocenters. The minimum Gasteiger partial charge on any atom is -0.508 e. The minimum absolute atomic E-state index is 0.103. The number of hydrogen-bond acceptors (Lipinski definition) is 4. The lowest BCUT2D eigenvalue weighted by molar-refractivity contribution is -0.131. The summed E-state index contributed by atoms with van der Waals surface area (Å²) in [5, 5.41) is 9.30. The number of phenolic OH excluding ortho intramolecular Hbond substituents is 1. The maximum Gasteiger partial charge on any atom is 0.308 e. The van der Waals surface area contributed by atoms with E-state index in [1.165, 1.54) is 13.8 Å². The maximum atomic E-state index is 11.9. The Balaban J connectivity index is 2.18. The second-order valence-electron chi connectivity index (χ2n) is 4.86. The molecule has 0 radical (unpaired) electrons. The van der Waals surface area contributed by atoms with E-state index in [1.807, 2.05) is 0 Å². The van der Waals surface area contributed by atoms with Crippen LogP contribution in [0.25, 0.3) is 0 Å². The highest BCUT2D eigenvalue weighted by atomic mass is 16.5. The summed E-state index contributed by atoms with van der Waals surface area (Å²) in [4.78, 5) is 24.4. The normalized spacial score (nSPS) is 10.1. The summed E-state index contributed by atoms with van der Waals surface area (Å²) in [6, 6.07) is 13.4. The van der Waals surface area contributed by atoms with Crippen LogP contribution in [-0.4, -0.2) is 17.0 Å². The van der Waals surface area contributed by atoms with Gasteiger partial charge in [0, 0.05) is 19.5 Å². The van der Waals surface area contributed by atoms with Gasteiger partial charge in [0.15, 0.2) is 0 Å². The Kier molecular flexibility index (Phi) is 4.78. The molecule has 1 N–H and O–H groups in total. The summed E-state index contributed by atoms with van der Waals surface area (Å²) in [6.45, 7) is 3.21. The van der Waals surface area contributed by atoms with Crippen molar-refractivity contribution < 1.29 is 19.4 Å². The van der Waals surface area contributed by atoms with E-state index >= 15 is 0 Å². The van der Waals surface area contributed by atoms with Crippen LogP contribution in [0.5, 0.6) is 11.5 Å². The second-order valence-corrected chi connectivity index (χ2v) is 4.86. The zero-order valence-electron chi connectivity index (χ0n) is 12.4. The predicted molar refractivity (Wildman–Crippen MR) is 82.7 cm³/mol. The van der Waals surface area contributed by atoms with Gasteiger partial charge in [-0.2, -0.15) is 0 Å². The van der Waals surface area contributed by atoms with Gasteiger partial charge in [-0.05, 0) is 42.0 Å². The third-order valence-corrected chi connectivity index (χ3v) is 3.07. The molecule has 0 bridgehead atoms. The van der Waals surface area contributed by atoms with Crippen molar-refractivity contribution in [2.45, 2.75) is 20.4 Å². The fourth-order valence-corrected chi connectivity index (χ4v) is 2.03. The standard InChI is InChI=1S/C17H17NO4/c1-12(19)18(11-14-3-7-16(21)8-4-14)15-5-9-17(10-6-15)22-13(2)20/h3-10,21H,11H2,1-2H3. The second kappa shape index (κ2) is 6.76. The lowest BCUT2D eigenvalue weighted by Gasteiger charge is -2.21. The molecule has 2 aromatic rings. The van der Waals surface area contributed by atoms with Crippen molar-refractivity contribution in [3.05, 3.63) is 54.1 Å². The fraction of sp³-hybridized carbons (Fsp3) is 0.176. The number of aromatic hydroxyl groups is 1. The van der Waals surface area contributed by atoms with E-state index in [-0.39, 0.29) is 17.6 Å². The molecule has 0 aliphatic rings. The van der Waals surface area contributed by atoms with E-state index in [0.29, 0.717) is 18.0 Å². The van der Waals surface area contributed by atoms with E-state index < -0.39 is 0 Å². The maximum absolute atomic E-state index is 11.9. The van der Waals surface area contributed by atoms with Crippen molar-refractivity contribution in [1.29, 1.82) is 0 Å². The number of phenols is 1. The van der Waals surface area contributed by atoms with Gasteiger partial charge in [0.25, 0.3) is 0 Å². The first-order valence-corrected chi connectivity index (χ1v) is 6.80. The molecule has 114 valence electrons. The van der Waals surface area contributed by atoms with Crippen LogP contribution in [0.15, 0.2) is 48.5 Å². The first-order valence-electron chi connectivity index (χ1n) is 6.80. The van der Waals surface area contributed by atoms with Gasteiger partial charge >= 0.3 is 5.97 Å². The molecule has 0 aliphatic carbocycles. The third-order valence-electron chi connectivity index (χ3n) is 3.07. The van der Waals surface area contributed by atoms with Gasteiger partial charge in [-0.15, -0.1) is 0 Å². The largest absolute Gasteiger partial charge is 0.508 e. The summed E-state index contributed by atoms with van der Waals surface area (Å²) in [6.07, 6.45) is 0. The van der Waals surface area contributed by atoms with Crippen LogP contribution in [0.1, 0.15) is 19.4 Å². The summed E-state index contributed by atoms with van der Waals surface area (Å²) in [5.41, 5.74) is 1.61. The van der Waals surface area contributed by atoms with Gasteiger partial charge in [-0.25, -0.2) is 0 Å². The molecule has 0 aliphatic heterocycles. The molecule has 2 rings (SSSR count). The number of rotatable bonds is 4. The Bertz CT molecular complexity index is 662. The van der Waals surface area contributed by atoms with Crippen molar-refractivity contribution in [2.75, 3.05) is 4.90 Å². The van der Waals surface area contributed by atoms with Crippen LogP contribution < -0.4 is 9.64 Å². The van der Waals surface area contributed by atoms with Gasteiger partial charge in [0.1, 0.15) is 11.5 Å². The molecule has 1 amide bonds.